The summed E-state index contributed by atoms with van der Waals surface area (Å²) in [5.74, 6) is 0.834. The second kappa shape index (κ2) is 4.68. The molecule has 3 aromatic rings. The Morgan fingerprint density at radius 2 is 2.11 bits per heavy atom. The van der Waals surface area contributed by atoms with E-state index < -0.39 is 0 Å². The molecule has 5 heteroatoms. The van der Waals surface area contributed by atoms with Crippen molar-refractivity contribution in [3.8, 4) is 11.3 Å². The average Bonchev–Trinajstić information content (AvgIpc) is 2.81. The van der Waals surface area contributed by atoms with Crippen LogP contribution in [0.2, 0.25) is 0 Å². The van der Waals surface area contributed by atoms with Gasteiger partial charge in [-0.1, -0.05) is 0 Å². The highest BCUT2D eigenvalue weighted by molar-refractivity contribution is 5.81. The van der Waals surface area contributed by atoms with Gasteiger partial charge in [0.2, 0.25) is 0 Å². The first-order chi connectivity index (χ1) is 9.28. The highest BCUT2D eigenvalue weighted by Gasteiger charge is 2.05. The summed E-state index contributed by atoms with van der Waals surface area (Å²) in [5.41, 5.74) is 2.86. The molecule has 3 heterocycles. The predicted molar refractivity (Wildman–Crippen MR) is 75.9 cm³/mol. The molecule has 0 unspecified atom stereocenters. The monoisotopic (exact) mass is 253 g/mol. The van der Waals surface area contributed by atoms with E-state index in [1.807, 2.05) is 37.0 Å². The summed E-state index contributed by atoms with van der Waals surface area (Å²) in [6.45, 7) is 2.88. The number of aryl methyl sites for hydroxylation is 1. The molecule has 0 saturated carbocycles. The van der Waals surface area contributed by atoms with Crippen LogP contribution in [0.3, 0.4) is 0 Å². The van der Waals surface area contributed by atoms with Gasteiger partial charge in [0.1, 0.15) is 17.8 Å². The third kappa shape index (κ3) is 2.14. The second-order valence-corrected chi connectivity index (χ2v) is 4.38. The molecule has 0 bridgehead atoms. The number of hydrogen-bond donors (Lipinski definition) is 1. The molecule has 0 atom stereocenters. The average molecular weight is 253 g/mol. The van der Waals surface area contributed by atoms with Gasteiger partial charge in [0.15, 0.2) is 0 Å². The van der Waals surface area contributed by atoms with Crippen molar-refractivity contribution in [2.45, 2.75) is 6.92 Å². The number of pyridine rings is 1. The Morgan fingerprint density at radius 1 is 1.21 bits per heavy atom. The van der Waals surface area contributed by atoms with Crippen LogP contribution in [-0.4, -0.2) is 26.1 Å². The van der Waals surface area contributed by atoms with Crippen LogP contribution >= 0.6 is 0 Å². The molecule has 1 N–H and O–H groups in total. The van der Waals surface area contributed by atoms with E-state index in [9.17, 15) is 0 Å². The quantitative estimate of drug-likeness (QED) is 0.779. The molecule has 0 radical (unpaired) electrons. The van der Waals surface area contributed by atoms with E-state index in [2.05, 4.69) is 32.4 Å². The van der Waals surface area contributed by atoms with Gasteiger partial charge in [0.05, 0.1) is 5.69 Å². The number of aromatic nitrogens is 4. The van der Waals surface area contributed by atoms with Gasteiger partial charge in [-0.05, 0) is 19.1 Å². The molecule has 5 nitrogen and oxygen atoms in total. The molecule has 0 saturated heterocycles. The van der Waals surface area contributed by atoms with Crippen molar-refractivity contribution >= 4 is 16.9 Å². The molecular formula is C14H15N5. The lowest BCUT2D eigenvalue weighted by molar-refractivity contribution is 0.948. The molecule has 96 valence electrons. The SMILES string of the molecule is CCNc1cc(-c2cnc3c(ccn3C)c2)ncn1. The van der Waals surface area contributed by atoms with Gasteiger partial charge in [-0.3, -0.25) is 0 Å². The van der Waals surface area contributed by atoms with Crippen LogP contribution in [-0.2, 0) is 7.05 Å². The van der Waals surface area contributed by atoms with E-state index in [1.54, 1.807) is 6.33 Å². The summed E-state index contributed by atoms with van der Waals surface area (Å²) in [5, 5.41) is 4.30. The first-order valence-electron chi connectivity index (χ1n) is 6.25. The summed E-state index contributed by atoms with van der Waals surface area (Å²) in [6, 6.07) is 6.09. The second-order valence-electron chi connectivity index (χ2n) is 4.38. The summed E-state index contributed by atoms with van der Waals surface area (Å²) in [4.78, 5) is 13.0. The van der Waals surface area contributed by atoms with Gasteiger partial charge in [0, 0.05) is 43.0 Å². The predicted octanol–water partition coefficient (Wildman–Crippen LogP) is 2.46. The van der Waals surface area contributed by atoms with Crippen LogP contribution in [0, 0.1) is 0 Å². The molecule has 3 aromatic heterocycles. The van der Waals surface area contributed by atoms with Crippen molar-refractivity contribution in [2.24, 2.45) is 7.05 Å². The summed E-state index contributed by atoms with van der Waals surface area (Å²) >= 11 is 0. The lowest BCUT2D eigenvalue weighted by atomic mass is 10.1. The number of anilines is 1. The molecule has 19 heavy (non-hydrogen) atoms. The Morgan fingerprint density at radius 3 is 2.95 bits per heavy atom. The maximum atomic E-state index is 4.47. The van der Waals surface area contributed by atoms with Gasteiger partial charge in [-0.15, -0.1) is 0 Å². The zero-order chi connectivity index (χ0) is 13.2. The minimum absolute atomic E-state index is 0.834. The van der Waals surface area contributed by atoms with Crippen molar-refractivity contribution in [1.82, 2.24) is 19.5 Å². The van der Waals surface area contributed by atoms with Crippen molar-refractivity contribution in [3.05, 3.63) is 36.9 Å². The highest BCUT2D eigenvalue weighted by atomic mass is 15.0. The standard InChI is InChI=1S/C14H15N5/c1-3-15-13-7-12(17-9-18-13)11-6-10-4-5-19(2)14(10)16-8-11/h4-9H,3H2,1-2H3,(H,15,17,18). The molecule has 0 amide bonds. The maximum Gasteiger partial charge on any atom is 0.139 e. The van der Waals surface area contributed by atoms with E-state index in [4.69, 9.17) is 0 Å². The number of nitrogens with one attached hydrogen (secondary N) is 1. The third-order valence-corrected chi connectivity index (χ3v) is 3.03. The van der Waals surface area contributed by atoms with Crippen molar-refractivity contribution < 1.29 is 0 Å². The van der Waals surface area contributed by atoms with Crippen LogP contribution in [0.4, 0.5) is 5.82 Å². The van der Waals surface area contributed by atoms with Crippen LogP contribution in [0.15, 0.2) is 36.9 Å². The van der Waals surface area contributed by atoms with Crippen LogP contribution in [0.1, 0.15) is 6.92 Å². The lowest BCUT2D eigenvalue weighted by Gasteiger charge is -2.05. The normalized spacial score (nSPS) is 10.8. The molecule has 3 rings (SSSR count). The number of fused-ring (bicyclic) bond motifs is 1. The van der Waals surface area contributed by atoms with Gasteiger partial charge < -0.3 is 9.88 Å². The molecule has 0 fully saturated rings. The molecule has 0 aromatic carbocycles. The first kappa shape index (κ1) is 11.6. The largest absolute Gasteiger partial charge is 0.370 e. The van der Waals surface area contributed by atoms with Gasteiger partial charge in [-0.25, -0.2) is 15.0 Å². The fourth-order valence-corrected chi connectivity index (χ4v) is 2.09. The fourth-order valence-electron chi connectivity index (χ4n) is 2.09. The molecular weight excluding hydrogens is 238 g/mol. The first-order valence-corrected chi connectivity index (χ1v) is 6.25. The summed E-state index contributed by atoms with van der Waals surface area (Å²) < 4.78 is 2.00. The number of rotatable bonds is 3. The molecule has 0 aliphatic carbocycles. The van der Waals surface area contributed by atoms with E-state index in [0.29, 0.717) is 0 Å². The lowest BCUT2D eigenvalue weighted by Crippen LogP contribution is -2.00. The van der Waals surface area contributed by atoms with Crippen molar-refractivity contribution in [1.29, 1.82) is 0 Å². The van der Waals surface area contributed by atoms with E-state index in [-0.39, 0.29) is 0 Å². The molecule has 0 spiro atoms. The van der Waals surface area contributed by atoms with E-state index in [0.717, 1.165) is 34.7 Å². The van der Waals surface area contributed by atoms with Crippen molar-refractivity contribution in [3.63, 3.8) is 0 Å². The maximum absolute atomic E-state index is 4.47. The summed E-state index contributed by atoms with van der Waals surface area (Å²) in [6.07, 6.45) is 5.43. The van der Waals surface area contributed by atoms with Gasteiger partial charge in [0.25, 0.3) is 0 Å². The third-order valence-electron chi connectivity index (χ3n) is 3.03. The zero-order valence-electron chi connectivity index (χ0n) is 11.0. The Hall–Kier alpha value is -2.43. The minimum Gasteiger partial charge on any atom is -0.370 e. The van der Waals surface area contributed by atoms with E-state index >= 15 is 0 Å². The zero-order valence-corrected chi connectivity index (χ0v) is 11.0. The summed E-state index contributed by atoms with van der Waals surface area (Å²) in [7, 11) is 1.99. The number of nitrogens with zero attached hydrogens (tertiary/aromatic N) is 4. The van der Waals surface area contributed by atoms with E-state index in [1.165, 1.54) is 0 Å². The van der Waals surface area contributed by atoms with Crippen LogP contribution in [0.5, 0.6) is 0 Å². The Bertz CT molecular complexity index is 717. The van der Waals surface area contributed by atoms with Crippen molar-refractivity contribution in [2.75, 3.05) is 11.9 Å². The number of hydrogen-bond acceptors (Lipinski definition) is 4. The minimum atomic E-state index is 0.834. The van der Waals surface area contributed by atoms with Gasteiger partial charge in [-0.2, -0.15) is 0 Å². The molecule has 0 aliphatic rings. The highest BCUT2D eigenvalue weighted by Crippen LogP contribution is 2.22. The Balaban J connectivity index is 2.05. The smallest absolute Gasteiger partial charge is 0.139 e. The topological polar surface area (TPSA) is 55.6 Å². The fraction of sp³-hybridized carbons (Fsp3) is 0.214. The van der Waals surface area contributed by atoms with Crippen LogP contribution < -0.4 is 5.32 Å². The van der Waals surface area contributed by atoms with Crippen LogP contribution in [0.25, 0.3) is 22.3 Å². The Kier molecular flexibility index (Phi) is 2.87. The molecule has 0 aliphatic heterocycles. The van der Waals surface area contributed by atoms with Gasteiger partial charge >= 0.3 is 0 Å². The Labute approximate surface area is 111 Å².